The van der Waals surface area contributed by atoms with Gasteiger partial charge in [0.15, 0.2) is 0 Å². The Morgan fingerprint density at radius 3 is 2.53 bits per heavy atom. The van der Waals surface area contributed by atoms with Gasteiger partial charge in [0.25, 0.3) is 0 Å². The average molecular weight is 208 g/mol. The van der Waals surface area contributed by atoms with E-state index in [9.17, 15) is 0 Å². The van der Waals surface area contributed by atoms with Gasteiger partial charge in [-0.25, -0.2) is 4.99 Å². The van der Waals surface area contributed by atoms with E-state index in [4.69, 9.17) is 5.73 Å². The molecule has 2 N–H and O–H groups in total. The van der Waals surface area contributed by atoms with E-state index in [1.807, 2.05) is 0 Å². The number of aliphatic imine (C=N–C) groups is 1. The molecule has 0 aliphatic heterocycles. The Morgan fingerprint density at radius 1 is 1.40 bits per heavy atom. The van der Waals surface area contributed by atoms with Gasteiger partial charge in [0.1, 0.15) is 0 Å². The third-order valence-corrected chi connectivity index (χ3v) is 3.79. The molecular weight excluding hydrogens is 184 g/mol. The number of nitrogens with two attached hydrogens (primary N) is 1. The molecule has 1 rings (SSSR count). The molecule has 1 aliphatic rings. The second kappa shape index (κ2) is 4.51. The van der Waals surface area contributed by atoms with E-state index in [-0.39, 0.29) is 5.41 Å². The summed E-state index contributed by atoms with van der Waals surface area (Å²) in [6, 6.07) is 0.328. The van der Waals surface area contributed by atoms with Gasteiger partial charge in [-0.3, -0.25) is 0 Å². The van der Waals surface area contributed by atoms with Crippen molar-refractivity contribution in [1.29, 1.82) is 0 Å². The Bertz CT molecular complexity index is 268. The summed E-state index contributed by atoms with van der Waals surface area (Å²) in [5.74, 6) is 2.63. The van der Waals surface area contributed by atoms with Crippen LogP contribution in [0.1, 0.15) is 46.5 Å². The molecule has 0 bridgehead atoms. The molecule has 1 fully saturated rings. The summed E-state index contributed by atoms with van der Waals surface area (Å²) < 4.78 is 0. The first-order chi connectivity index (χ1) is 6.93. The van der Waals surface area contributed by atoms with Gasteiger partial charge in [-0.1, -0.05) is 27.2 Å². The van der Waals surface area contributed by atoms with Crippen molar-refractivity contribution in [2.75, 3.05) is 6.54 Å². The summed E-state index contributed by atoms with van der Waals surface area (Å²) in [5.41, 5.74) is 6.79. The molecule has 0 heterocycles. The molecule has 2 nitrogen and oxygen atoms in total. The predicted octanol–water partition coefficient (Wildman–Crippen LogP) is 2.78. The maximum absolute atomic E-state index is 6.16. The molecule has 1 aliphatic carbocycles. The lowest BCUT2D eigenvalue weighted by Crippen LogP contribution is -2.44. The van der Waals surface area contributed by atoms with Crippen molar-refractivity contribution >= 4 is 5.87 Å². The van der Waals surface area contributed by atoms with Crippen LogP contribution in [0.15, 0.2) is 11.6 Å². The van der Waals surface area contributed by atoms with Crippen LogP contribution in [0, 0.1) is 10.8 Å². The third-order valence-electron chi connectivity index (χ3n) is 3.79. The minimum atomic E-state index is 0.243. The van der Waals surface area contributed by atoms with E-state index in [2.05, 4.69) is 38.2 Å². The highest BCUT2D eigenvalue weighted by Gasteiger charge is 2.41. The zero-order valence-electron chi connectivity index (χ0n) is 10.3. The molecule has 0 aromatic rings. The molecule has 3 atom stereocenters. The third kappa shape index (κ3) is 3.19. The van der Waals surface area contributed by atoms with Crippen LogP contribution in [-0.2, 0) is 0 Å². The summed E-state index contributed by atoms with van der Waals surface area (Å²) in [4.78, 5) is 4.18. The molecule has 0 amide bonds. The van der Waals surface area contributed by atoms with Gasteiger partial charge in [0.05, 0.1) is 6.54 Å². The van der Waals surface area contributed by atoms with E-state index in [1.54, 1.807) is 0 Å². The first-order valence-electron chi connectivity index (χ1n) is 5.87. The van der Waals surface area contributed by atoms with Crippen molar-refractivity contribution in [3.8, 4) is 0 Å². The van der Waals surface area contributed by atoms with E-state index >= 15 is 0 Å². The van der Waals surface area contributed by atoms with Gasteiger partial charge in [-0.15, -0.1) is 0 Å². The van der Waals surface area contributed by atoms with Crippen molar-refractivity contribution in [3.63, 3.8) is 0 Å². The smallest absolute Gasteiger partial charge is 0.0538 e. The van der Waals surface area contributed by atoms with E-state index in [0.29, 0.717) is 11.5 Å². The maximum atomic E-state index is 6.16. The molecule has 2 heteroatoms. The highest BCUT2D eigenvalue weighted by atomic mass is 14.8. The molecule has 86 valence electrons. The zero-order chi connectivity index (χ0) is 11.5. The number of hydrogen-bond donors (Lipinski definition) is 1. The minimum absolute atomic E-state index is 0.243. The molecule has 15 heavy (non-hydrogen) atoms. The normalized spacial score (nSPS) is 40.9. The Labute approximate surface area is 93.7 Å². The largest absolute Gasteiger partial charge is 0.328 e. The first kappa shape index (κ1) is 12.5. The lowest BCUT2D eigenvalue weighted by atomic mass is 9.61. The molecule has 0 radical (unpaired) electrons. The Morgan fingerprint density at radius 2 is 2.00 bits per heavy atom. The van der Waals surface area contributed by atoms with E-state index in [1.165, 1.54) is 12.8 Å². The highest BCUT2D eigenvalue weighted by Crippen LogP contribution is 2.47. The van der Waals surface area contributed by atoms with Crippen LogP contribution in [0.25, 0.3) is 0 Å². The number of nitrogens with zero attached hydrogens (tertiary/aromatic N) is 1. The molecule has 0 saturated heterocycles. The SMILES string of the molecule is C=C=NCC1(C)CC(N)CC(C)(CC)C1. The summed E-state index contributed by atoms with van der Waals surface area (Å²) >= 11 is 0. The van der Waals surface area contributed by atoms with Gasteiger partial charge < -0.3 is 5.73 Å². The van der Waals surface area contributed by atoms with Crippen molar-refractivity contribution in [1.82, 2.24) is 0 Å². The van der Waals surface area contributed by atoms with Crippen molar-refractivity contribution in [2.45, 2.75) is 52.5 Å². The standard InChI is InChI=1S/C13H24N2/c1-5-12(3)7-11(14)8-13(4,9-12)10-15-6-2/h11H,2,5,7-10,14H2,1,3-4H3. The van der Waals surface area contributed by atoms with Crippen LogP contribution in [0.4, 0.5) is 0 Å². The summed E-state index contributed by atoms with van der Waals surface area (Å²) in [5, 5.41) is 0. The van der Waals surface area contributed by atoms with Crippen molar-refractivity contribution in [3.05, 3.63) is 6.58 Å². The molecule has 0 aromatic heterocycles. The molecular formula is C13H24N2. The van der Waals surface area contributed by atoms with Gasteiger partial charge in [-0.05, 0) is 42.5 Å². The fourth-order valence-electron chi connectivity index (χ4n) is 3.15. The topological polar surface area (TPSA) is 38.4 Å². The summed E-state index contributed by atoms with van der Waals surface area (Å²) in [7, 11) is 0. The predicted molar refractivity (Wildman–Crippen MR) is 66.3 cm³/mol. The van der Waals surface area contributed by atoms with Crippen LogP contribution in [0.3, 0.4) is 0 Å². The van der Waals surface area contributed by atoms with Gasteiger partial charge in [0, 0.05) is 6.04 Å². The Hall–Kier alpha value is -0.590. The average Bonchev–Trinajstić information content (AvgIpc) is 2.13. The van der Waals surface area contributed by atoms with Crippen LogP contribution < -0.4 is 5.73 Å². The number of rotatable bonds is 3. The maximum Gasteiger partial charge on any atom is 0.0538 e. The summed E-state index contributed by atoms with van der Waals surface area (Å²) in [6.07, 6.45) is 4.65. The quantitative estimate of drug-likeness (QED) is 0.712. The number of hydrogen-bond acceptors (Lipinski definition) is 2. The molecule has 1 saturated carbocycles. The molecule has 0 spiro atoms. The molecule has 0 aromatic carbocycles. The van der Waals surface area contributed by atoms with Crippen LogP contribution >= 0.6 is 0 Å². The van der Waals surface area contributed by atoms with Crippen molar-refractivity contribution in [2.24, 2.45) is 21.6 Å². The van der Waals surface area contributed by atoms with Crippen molar-refractivity contribution < 1.29 is 0 Å². The fraction of sp³-hybridized carbons (Fsp3) is 0.846. The van der Waals surface area contributed by atoms with Gasteiger partial charge in [-0.2, -0.15) is 0 Å². The van der Waals surface area contributed by atoms with Crippen LogP contribution in [0.2, 0.25) is 0 Å². The highest BCUT2D eigenvalue weighted by molar-refractivity contribution is 5.46. The second-order valence-corrected chi connectivity index (χ2v) is 5.79. The second-order valence-electron chi connectivity index (χ2n) is 5.79. The monoisotopic (exact) mass is 208 g/mol. The zero-order valence-corrected chi connectivity index (χ0v) is 10.3. The van der Waals surface area contributed by atoms with Gasteiger partial charge >= 0.3 is 0 Å². The Balaban J connectivity index is 2.77. The summed E-state index contributed by atoms with van der Waals surface area (Å²) in [6.45, 7) is 11.2. The lowest BCUT2D eigenvalue weighted by Gasteiger charge is -2.46. The van der Waals surface area contributed by atoms with E-state index in [0.717, 1.165) is 19.4 Å². The lowest BCUT2D eigenvalue weighted by molar-refractivity contribution is 0.0732. The van der Waals surface area contributed by atoms with Crippen LogP contribution in [-0.4, -0.2) is 18.5 Å². The fourth-order valence-corrected chi connectivity index (χ4v) is 3.15. The Kier molecular flexibility index (Phi) is 3.75. The van der Waals surface area contributed by atoms with E-state index < -0.39 is 0 Å². The molecule has 3 unspecified atom stereocenters. The van der Waals surface area contributed by atoms with Crippen LogP contribution in [0.5, 0.6) is 0 Å². The first-order valence-corrected chi connectivity index (χ1v) is 5.87. The minimum Gasteiger partial charge on any atom is -0.328 e. The van der Waals surface area contributed by atoms with Gasteiger partial charge in [0.2, 0.25) is 0 Å².